The molecule has 0 saturated carbocycles. The number of nitrogens with one attached hydrogen (secondary N) is 1. The van der Waals surface area contributed by atoms with Crippen molar-refractivity contribution in [2.24, 2.45) is 0 Å². The van der Waals surface area contributed by atoms with Crippen molar-refractivity contribution in [2.75, 3.05) is 0 Å². The van der Waals surface area contributed by atoms with Gasteiger partial charge in [0.1, 0.15) is 10.6 Å². The van der Waals surface area contributed by atoms with Gasteiger partial charge in [0.2, 0.25) is 0 Å². The highest BCUT2D eigenvalue weighted by molar-refractivity contribution is 9.10. The number of aliphatic carboxylic acids is 1. The molecule has 0 aliphatic heterocycles. The molecule has 0 fully saturated rings. The first-order valence-corrected chi connectivity index (χ1v) is 5.32. The average molecular weight is 279 g/mol. The Morgan fingerprint density at radius 3 is 2.79 bits per heavy atom. The molecule has 0 spiro atoms. The highest BCUT2D eigenvalue weighted by atomic mass is 79.9. The van der Waals surface area contributed by atoms with Crippen LogP contribution in [0.25, 0.3) is 0 Å². The average Bonchev–Trinajstić information content (AvgIpc) is 2.51. The summed E-state index contributed by atoms with van der Waals surface area (Å²) >= 11 is 4.25. The SMILES string of the molecule is C[C@@H](NC(=O)c1nc(Br)cs1)C(=O)O. The predicted molar refractivity (Wildman–Crippen MR) is 54.4 cm³/mol. The number of thiazole rings is 1. The van der Waals surface area contributed by atoms with Gasteiger partial charge in [-0.15, -0.1) is 11.3 Å². The monoisotopic (exact) mass is 278 g/mol. The van der Waals surface area contributed by atoms with Gasteiger partial charge >= 0.3 is 5.97 Å². The number of aromatic nitrogens is 1. The van der Waals surface area contributed by atoms with E-state index in [2.05, 4.69) is 26.2 Å². The Bertz CT molecular complexity index is 366. The quantitative estimate of drug-likeness (QED) is 0.868. The van der Waals surface area contributed by atoms with E-state index in [9.17, 15) is 9.59 Å². The van der Waals surface area contributed by atoms with Gasteiger partial charge in [0.25, 0.3) is 5.91 Å². The van der Waals surface area contributed by atoms with E-state index in [1.165, 1.54) is 6.92 Å². The Kier molecular flexibility index (Phi) is 3.59. The van der Waals surface area contributed by atoms with Crippen LogP contribution >= 0.6 is 27.3 Å². The van der Waals surface area contributed by atoms with E-state index in [1.54, 1.807) is 5.38 Å². The molecule has 1 aromatic heterocycles. The van der Waals surface area contributed by atoms with Crippen LogP contribution in [0.2, 0.25) is 0 Å². The fraction of sp³-hybridized carbons (Fsp3) is 0.286. The third-order valence-electron chi connectivity index (χ3n) is 1.39. The largest absolute Gasteiger partial charge is 0.480 e. The predicted octanol–water partition coefficient (Wildman–Crippen LogP) is 1.11. The lowest BCUT2D eigenvalue weighted by molar-refractivity contribution is -0.138. The second-order valence-electron chi connectivity index (χ2n) is 2.51. The van der Waals surface area contributed by atoms with E-state index < -0.39 is 17.9 Å². The summed E-state index contributed by atoms with van der Waals surface area (Å²) in [5, 5.41) is 12.7. The Balaban J connectivity index is 2.63. The minimum atomic E-state index is -1.08. The van der Waals surface area contributed by atoms with Crippen LogP contribution < -0.4 is 5.32 Å². The molecule has 1 atom stereocenters. The zero-order valence-electron chi connectivity index (χ0n) is 7.15. The van der Waals surface area contributed by atoms with E-state index in [4.69, 9.17) is 5.11 Å². The lowest BCUT2D eigenvalue weighted by atomic mass is 10.3. The zero-order valence-corrected chi connectivity index (χ0v) is 9.55. The van der Waals surface area contributed by atoms with Crippen LogP contribution in [-0.2, 0) is 4.79 Å². The number of hydrogen-bond acceptors (Lipinski definition) is 4. The number of carboxylic acid groups (broad SMARTS) is 1. The standard InChI is InChI=1S/C7H7BrN2O3S/c1-3(7(12)13)9-5(11)6-10-4(8)2-14-6/h2-3H,1H3,(H,9,11)(H,12,13)/t3-/m1/s1. The van der Waals surface area contributed by atoms with Crippen molar-refractivity contribution in [3.8, 4) is 0 Å². The van der Waals surface area contributed by atoms with Crippen LogP contribution in [0.15, 0.2) is 9.98 Å². The smallest absolute Gasteiger partial charge is 0.325 e. The van der Waals surface area contributed by atoms with Crippen LogP contribution in [0.4, 0.5) is 0 Å². The number of hydrogen-bond donors (Lipinski definition) is 2. The maximum absolute atomic E-state index is 11.3. The summed E-state index contributed by atoms with van der Waals surface area (Å²) < 4.78 is 0.565. The highest BCUT2D eigenvalue weighted by Gasteiger charge is 2.17. The lowest BCUT2D eigenvalue weighted by Gasteiger charge is -2.06. The number of carbonyl (C=O) groups excluding carboxylic acids is 1. The fourth-order valence-corrected chi connectivity index (χ4v) is 1.83. The van der Waals surface area contributed by atoms with Crippen LogP contribution in [0.5, 0.6) is 0 Å². The van der Waals surface area contributed by atoms with E-state index in [0.717, 1.165) is 11.3 Å². The molecular formula is C7H7BrN2O3S. The molecule has 1 heterocycles. The third kappa shape index (κ3) is 2.78. The van der Waals surface area contributed by atoms with Crippen molar-refractivity contribution < 1.29 is 14.7 Å². The molecule has 1 aromatic rings. The summed E-state index contributed by atoms with van der Waals surface area (Å²) in [5.41, 5.74) is 0. The van der Waals surface area contributed by atoms with Gasteiger partial charge in [-0.2, -0.15) is 0 Å². The first kappa shape index (κ1) is 11.1. The first-order chi connectivity index (χ1) is 6.50. The Labute approximate surface area is 92.3 Å². The van der Waals surface area contributed by atoms with Gasteiger partial charge in [0.15, 0.2) is 5.01 Å². The summed E-state index contributed by atoms with van der Waals surface area (Å²) in [6.45, 7) is 1.39. The number of nitrogens with zero attached hydrogens (tertiary/aromatic N) is 1. The van der Waals surface area contributed by atoms with Crippen LogP contribution in [0, 0.1) is 0 Å². The van der Waals surface area contributed by atoms with Gasteiger partial charge in [-0.05, 0) is 22.9 Å². The number of halogens is 1. The van der Waals surface area contributed by atoms with Crippen molar-refractivity contribution in [3.05, 3.63) is 15.0 Å². The summed E-state index contributed by atoms with van der Waals surface area (Å²) in [5.74, 6) is -1.55. The van der Waals surface area contributed by atoms with Gasteiger partial charge in [-0.1, -0.05) is 0 Å². The molecule has 0 radical (unpaired) electrons. The van der Waals surface area contributed by atoms with Crippen molar-refractivity contribution >= 4 is 39.1 Å². The van der Waals surface area contributed by atoms with Crippen molar-refractivity contribution in [1.82, 2.24) is 10.3 Å². The second-order valence-corrected chi connectivity index (χ2v) is 4.18. The van der Waals surface area contributed by atoms with Crippen LogP contribution in [0.3, 0.4) is 0 Å². The highest BCUT2D eigenvalue weighted by Crippen LogP contribution is 2.14. The van der Waals surface area contributed by atoms with Crippen molar-refractivity contribution in [1.29, 1.82) is 0 Å². The molecule has 0 unspecified atom stereocenters. The maximum Gasteiger partial charge on any atom is 0.325 e. The van der Waals surface area contributed by atoms with Gasteiger partial charge in [-0.25, -0.2) is 4.98 Å². The molecule has 2 N–H and O–H groups in total. The normalized spacial score (nSPS) is 12.1. The lowest BCUT2D eigenvalue weighted by Crippen LogP contribution is -2.38. The van der Waals surface area contributed by atoms with E-state index >= 15 is 0 Å². The molecule has 1 amide bonds. The van der Waals surface area contributed by atoms with Crippen LogP contribution in [-0.4, -0.2) is 28.0 Å². The molecule has 0 aliphatic rings. The van der Waals surface area contributed by atoms with E-state index in [1.807, 2.05) is 0 Å². The molecular weight excluding hydrogens is 272 g/mol. The third-order valence-corrected chi connectivity index (χ3v) is 2.94. The molecule has 5 nitrogen and oxygen atoms in total. The Hall–Kier alpha value is -0.950. The fourth-order valence-electron chi connectivity index (χ4n) is 0.679. The zero-order chi connectivity index (χ0) is 10.7. The molecule has 0 saturated heterocycles. The van der Waals surface area contributed by atoms with E-state index in [0.29, 0.717) is 4.60 Å². The summed E-state index contributed by atoms with van der Waals surface area (Å²) in [6, 6.07) is -0.912. The van der Waals surface area contributed by atoms with E-state index in [-0.39, 0.29) is 5.01 Å². The molecule has 1 rings (SSSR count). The topological polar surface area (TPSA) is 79.3 Å². The summed E-state index contributed by atoms with van der Waals surface area (Å²) in [6.07, 6.45) is 0. The number of amides is 1. The maximum atomic E-state index is 11.3. The van der Waals surface area contributed by atoms with Gasteiger partial charge in [-0.3, -0.25) is 9.59 Å². The Morgan fingerprint density at radius 2 is 2.36 bits per heavy atom. The minimum Gasteiger partial charge on any atom is -0.480 e. The van der Waals surface area contributed by atoms with Crippen LogP contribution in [0.1, 0.15) is 16.7 Å². The minimum absolute atomic E-state index is 0.241. The number of carboxylic acids is 1. The van der Waals surface area contributed by atoms with Crippen molar-refractivity contribution in [2.45, 2.75) is 13.0 Å². The number of rotatable bonds is 3. The molecule has 76 valence electrons. The second kappa shape index (κ2) is 4.52. The molecule has 7 heteroatoms. The summed E-state index contributed by atoms with van der Waals surface area (Å²) in [4.78, 5) is 25.6. The van der Waals surface area contributed by atoms with Gasteiger partial charge in [0, 0.05) is 5.38 Å². The molecule has 14 heavy (non-hydrogen) atoms. The molecule has 0 aliphatic carbocycles. The molecule has 0 bridgehead atoms. The first-order valence-electron chi connectivity index (χ1n) is 3.65. The molecule has 0 aromatic carbocycles. The van der Waals surface area contributed by atoms with Gasteiger partial charge in [0.05, 0.1) is 0 Å². The number of carbonyl (C=O) groups is 2. The summed E-state index contributed by atoms with van der Waals surface area (Å²) in [7, 11) is 0. The Morgan fingerprint density at radius 1 is 1.71 bits per heavy atom. The van der Waals surface area contributed by atoms with Gasteiger partial charge < -0.3 is 10.4 Å². The van der Waals surface area contributed by atoms with Crippen molar-refractivity contribution in [3.63, 3.8) is 0 Å².